The Morgan fingerprint density at radius 1 is 1.12 bits per heavy atom. The molecule has 0 atom stereocenters. The Balaban J connectivity index is 1.68. The van der Waals surface area contributed by atoms with E-state index in [1.807, 2.05) is 65.8 Å². The van der Waals surface area contributed by atoms with Crippen molar-refractivity contribution in [2.75, 3.05) is 27.8 Å². The quantitative estimate of drug-likeness (QED) is 0.634. The monoisotopic (exact) mass is 370 g/mol. The number of aromatic nitrogens is 1. The first kappa shape index (κ1) is 18.1. The van der Waals surface area contributed by atoms with Gasteiger partial charge in [0.2, 0.25) is 0 Å². The molecule has 0 saturated carbocycles. The van der Waals surface area contributed by atoms with E-state index >= 15 is 0 Å². The first-order chi connectivity index (χ1) is 12.6. The number of ether oxygens (including phenoxy) is 2. The van der Waals surface area contributed by atoms with Crippen LogP contribution in [0.1, 0.15) is 15.2 Å². The highest BCUT2D eigenvalue weighted by molar-refractivity contribution is 7.12. The van der Waals surface area contributed by atoms with Crippen molar-refractivity contribution in [2.24, 2.45) is 0 Å². The van der Waals surface area contributed by atoms with Crippen molar-refractivity contribution in [1.29, 1.82) is 0 Å². The smallest absolute Gasteiger partial charge is 0.265 e. The van der Waals surface area contributed by atoms with Crippen molar-refractivity contribution < 1.29 is 14.3 Å². The van der Waals surface area contributed by atoms with Crippen LogP contribution in [-0.2, 0) is 6.42 Å². The maximum Gasteiger partial charge on any atom is 0.265 e. The van der Waals surface area contributed by atoms with Crippen LogP contribution in [0.4, 0.5) is 0 Å². The second-order valence-corrected chi connectivity index (χ2v) is 6.81. The van der Waals surface area contributed by atoms with Gasteiger partial charge in [0.05, 0.1) is 19.9 Å². The number of rotatable bonds is 7. The van der Waals surface area contributed by atoms with Gasteiger partial charge < -0.3 is 18.9 Å². The lowest BCUT2D eigenvalue weighted by molar-refractivity contribution is 0.0801. The van der Waals surface area contributed by atoms with Crippen molar-refractivity contribution in [3.63, 3.8) is 0 Å². The van der Waals surface area contributed by atoms with Crippen LogP contribution in [0.5, 0.6) is 11.5 Å². The minimum absolute atomic E-state index is 0.0316. The SMILES string of the molecule is COc1ccc(CCN(C)C(=O)c2sccc2-n2cccc2)cc1OC. The first-order valence-corrected chi connectivity index (χ1v) is 9.19. The molecule has 0 spiro atoms. The van der Waals surface area contributed by atoms with Crippen LogP contribution in [0.3, 0.4) is 0 Å². The fourth-order valence-corrected chi connectivity index (χ4v) is 3.65. The van der Waals surface area contributed by atoms with Gasteiger partial charge in [0.25, 0.3) is 5.91 Å². The summed E-state index contributed by atoms with van der Waals surface area (Å²) < 4.78 is 12.6. The van der Waals surface area contributed by atoms with Crippen molar-refractivity contribution in [1.82, 2.24) is 9.47 Å². The highest BCUT2D eigenvalue weighted by atomic mass is 32.1. The summed E-state index contributed by atoms with van der Waals surface area (Å²) in [6, 6.07) is 11.7. The van der Waals surface area contributed by atoms with Crippen molar-refractivity contribution in [3.8, 4) is 17.2 Å². The van der Waals surface area contributed by atoms with Crippen LogP contribution in [0.25, 0.3) is 5.69 Å². The standard InChI is InChI=1S/C20H22N2O3S/c1-21(12-8-15-6-7-17(24-2)18(14-15)25-3)20(23)19-16(9-13-26-19)22-10-4-5-11-22/h4-7,9-11,13-14H,8,12H2,1-3H3. The number of amides is 1. The molecule has 3 aromatic rings. The topological polar surface area (TPSA) is 43.7 Å². The highest BCUT2D eigenvalue weighted by Crippen LogP contribution is 2.28. The predicted molar refractivity (Wildman–Crippen MR) is 104 cm³/mol. The zero-order valence-electron chi connectivity index (χ0n) is 15.1. The Hall–Kier alpha value is -2.73. The summed E-state index contributed by atoms with van der Waals surface area (Å²) in [6.07, 6.45) is 4.64. The summed E-state index contributed by atoms with van der Waals surface area (Å²) in [6.45, 7) is 0.622. The van der Waals surface area contributed by atoms with E-state index in [-0.39, 0.29) is 5.91 Å². The van der Waals surface area contributed by atoms with Gasteiger partial charge in [-0.15, -0.1) is 11.3 Å². The van der Waals surface area contributed by atoms with Crippen LogP contribution in [-0.4, -0.2) is 43.2 Å². The van der Waals surface area contributed by atoms with Crippen LogP contribution in [0, 0.1) is 0 Å². The number of hydrogen-bond donors (Lipinski definition) is 0. The average Bonchev–Trinajstić information content (AvgIpc) is 3.36. The molecule has 0 radical (unpaired) electrons. The molecule has 5 nitrogen and oxygen atoms in total. The molecule has 0 bridgehead atoms. The van der Waals surface area contributed by atoms with Crippen LogP contribution < -0.4 is 9.47 Å². The van der Waals surface area contributed by atoms with E-state index in [4.69, 9.17) is 9.47 Å². The summed E-state index contributed by atoms with van der Waals surface area (Å²) in [5, 5.41) is 1.95. The van der Waals surface area contributed by atoms with Crippen LogP contribution in [0.2, 0.25) is 0 Å². The Labute approximate surface area is 157 Å². The number of nitrogens with zero attached hydrogens (tertiary/aromatic N) is 2. The molecule has 2 heterocycles. The molecule has 1 amide bonds. The van der Waals surface area contributed by atoms with E-state index in [0.717, 1.165) is 22.5 Å². The number of benzene rings is 1. The van der Waals surface area contributed by atoms with E-state index < -0.39 is 0 Å². The lowest BCUT2D eigenvalue weighted by Gasteiger charge is -2.18. The molecule has 2 aromatic heterocycles. The normalized spacial score (nSPS) is 10.6. The van der Waals surface area contributed by atoms with Crippen LogP contribution >= 0.6 is 11.3 Å². The molecule has 0 N–H and O–H groups in total. The van der Waals surface area contributed by atoms with E-state index in [2.05, 4.69) is 0 Å². The maximum atomic E-state index is 12.8. The summed E-state index contributed by atoms with van der Waals surface area (Å²) in [5.74, 6) is 1.44. The summed E-state index contributed by atoms with van der Waals surface area (Å²) >= 11 is 1.47. The maximum absolute atomic E-state index is 12.8. The lowest BCUT2D eigenvalue weighted by atomic mass is 10.1. The third kappa shape index (κ3) is 3.75. The predicted octanol–water partition coefficient (Wildman–Crippen LogP) is 3.87. The van der Waals surface area contributed by atoms with Gasteiger partial charge in [-0.05, 0) is 47.7 Å². The Morgan fingerprint density at radius 2 is 1.85 bits per heavy atom. The number of hydrogen-bond acceptors (Lipinski definition) is 4. The van der Waals surface area contributed by atoms with Gasteiger partial charge in [0, 0.05) is 26.0 Å². The third-order valence-corrected chi connectivity index (χ3v) is 5.14. The summed E-state index contributed by atoms with van der Waals surface area (Å²) in [7, 11) is 5.08. The molecule has 0 unspecified atom stereocenters. The second-order valence-electron chi connectivity index (χ2n) is 5.89. The summed E-state index contributed by atoms with van der Waals surface area (Å²) in [5.41, 5.74) is 2.02. The van der Waals surface area contributed by atoms with Gasteiger partial charge >= 0.3 is 0 Å². The third-order valence-electron chi connectivity index (χ3n) is 4.25. The van der Waals surface area contributed by atoms with E-state index in [0.29, 0.717) is 18.0 Å². The average molecular weight is 370 g/mol. The molecule has 0 aliphatic heterocycles. The fourth-order valence-electron chi connectivity index (χ4n) is 2.77. The van der Waals surface area contributed by atoms with E-state index in [1.165, 1.54) is 11.3 Å². The molecule has 1 aromatic carbocycles. The van der Waals surface area contributed by atoms with Crippen molar-refractivity contribution in [3.05, 3.63) is 64.6 Å². The highest BCUT2D eigenvalue weighted by Gasteiger charge is 2.18. The number of carbonyl (C=O) groups is 1. The van der Waals surface area contributed by atoms with Gasteiger partial charge in [-0.1, -0.05) is 6.07 Å². The largest absolute Gasteiger partial charge is 0.493 e. The van der Waals surface area contributed by atoms with Gasteiger partial charge in [-0.25, -0.2) is 0 Å². The second kappa shape index (κ2) is 8.10. The number of thiophene rings is 1. The van der Waals surface area contributed by atoms with E-state index in [9.17, 15) is 4.79 Å². The zero-order chi connectivity index (χ0) is 18.5. The Bertz CT molecular complexity index is 871. The fraction of sp³-hybridized carbons (Fsp3) is 0.250. The van der Waals surface area contributed by atoms with Crippen molar-refractivity contribution in [2.45, 2.75) is 6.42 Å². The summed E-state index contributed by atoms with van der Waals surface area (Å²) in [4.78, 5) is 15.4. The number of methoxy groups -OCH3 is 2. The molecule has 0 aliphatic carbocycles. The Kier molecular flexibility index (Phi) is 5.63. The van der Waals surface area contributed by atoms with Crippen LogP contribution in [0.15, 0.2) is 54.2 Å². The van der Waals surface area contributed by atoms with E-state index in [1.54, 1.807) is 19.1 Å². The molecule has 0 fully saturated rings. The number of carbonyl (C=O) groups excluding carboxylic acids is 1. The minimum Gasteiger partial charge on any atom is -0.493 e. The van der Waals surface area contributed by atoms with Crippen molar-refractivity contribution >= 4 is 17.2 Å². The molecule has 0 aliphatic rings. The molecule has 6 heteroatoms. The molecular formula is C20H22N2O3S. The molecule has 0 saturated heterocycles. The molecule has 26 heavy (non-hydrogen) atoms. The molecular weight excluding hydrogens is 348 g/mol. The van der Waals surface area contributed by atoms with Gasteiger partial charge in [0.1, 0.15) is 4.88 Å². The lowest BCUT2D eigenvalue weighted by Crippen LogP contribution is -2.28. The number of likely N-dealkylation sites (N-methyl/N-ethyl adjacent to an activating group) is 1. The van der Waals surface area contributed by atoms with Gasteiger partial charge in [-0.3, -0.25) is 4.79 Å². The minimum atomic E-state index is 0.0316. The first-order valence-electron chi connectivity index (χ1n) is 8.31. The van der Waals surface area contributed by atoms with Gasteiger partial charge in [0.15, 0.2) is 11.5 Å². The zero-order valence-corrected chi connectivity index (χ0v) is 16.0. The van der Waals surface area contributed by atoms with Gasteiger partial charge in [-0.2, -0.15) is 0 Å². The Morgan fingerprint density at radius 3 is 2.54 bits per heavy atom. The molecule has 136 valence electrons. The molecule has 3 rings (SSSR count).